The Morgan fingerprint density at radius 3 is 2.70 bits per heavy atom. The molecule has 1 aromatic carbocycles. The molecule has 0 spiro atoms. The molecular formula is C25H28N6OS. The van der Waals surface area contributed by atoms with Crippen molar-refractivity contribution < 1.29 is 4.52 Å². The number of benzene rings is 1. The van der Waals surface area contributed by atoms with Gasteiger partial charge in [-0.05, 0) is 37.7 Å². The van der Waals surface area contributed by atoms with Crippen molar-refractivity contribution >= 4 is 27.4 Å². The molecule has 0 saturated carbocycles. The van der Waals surface area contributed by atoms with Crippen molar-refractivity contribution in [1.29, 1.82) is 0 Å². The largest absolute Gasteiger partial charge is 0.353 e. The molecule has 1 aliphatic heterocycles. The quantitative estimate of drug-likeness (QED) is 0.444. The maximum Gasteiger partial charge on any atom is 0.241 e. The lowest BCUT2D eigenvalue weighted by Crippen LogP contribution is -2.46. The summed E-state index contributed by atoms with van der Waals surface area (Å²) in [7, 11) is 0. The van der Waals surface area contributed by atoms with Crippen LogP contribution in [0.1, 0.15) is 35.5 Å². The highest BCUT2D eigenvalue weighted by molar-refractivity contribution is 7.19. The Morgan fingerprint density at radius 1 is 1.06 bits per heavy atom. The van der Waals surface area contributed by atoms with E-state index < -0.39 is 0 Å². The molecule has 1 atom stereocenters. The van der Waals surface area contributed by atoms with Gasteiger partial charge in [0.25, 0.3) is 0 Å². The fraction of sp³-hybridized carbons (Fsp3) is 0.440. The standard InChI is InChI=1S/C25H28N6OS/c1-16-8-9-19-20(14-16)33-25-22(19)24(26-17(2)27-25)31-12-10-30(11-13-31)15-21-28-23(29-32-21)18-6-4-3-5-7-18/h3-7,16H,8-15H2,1-2H3/t16-/m0/s1. The summed E-state index contributed by atoms with van der Waals surface area (Å²) in [6, 6.07) is 9.97. The third-order valence-corrected chi connectivity index (χ3v) is 7.93. The van der Waals surface area contributed by atoms with Crippen LogP contribution in [0.25, 0.3) is 21.6 Å². The zero-order valence-corrected chi connectivity index (χ0v) is 19.9. The van der Waals surface area contributed by atoms with Gasteiger partial charge in [-0.2, -0.15) is 4.98 Å². The lowest BCUT2D eigenvalue weighted by molar-refractivity contribution is 0.215. The molecule has 2 aliphatic rings. The van der Waals surface area contributed by atoms with E-state index in [1.54, 1.807) is 0 Å². The Balaban J connectivity index is 1.18. The molecule has 0 N–H and O–H groups in total. The molecule has 4 heterocycles. The number of nitrogens with zero attached hydrogens (tertiary/aromatic N) is 6. The summed E-state index contributed by atoms with van der Waals surface area (Å²) in [5.74, 6) is 4.08. The van der Waals surface area contributed by atoms with E-state index in [4.69, 9.17) is 14.5 Å². The monoisotopic (exact) mass is 460 g/mol. The van der Waals surface area contributed by atoms with Crippen LogP contribution in [-0.4, -0.2) is 51.2 Å². The second kappa shape index (κ2) is 8.50. The summed E-state index contributed by atoms with van der Waals surface area (Å²) >= 11 is 1.88. The minimum atomic E-state index is 0.652. The lowest BCUT2D eigenvalue weighted by Gasteiger charge is -2.35. The van der Waals surface area contributed by atoms with Crippen LogP contribution < -0.4 is 4.90 Å². The van der Waals surface area contributed by atoms with Gasteiger partial charge in [0.1, 0.15) is 16.5 Å². The van der Waals surface area contributed by atoms with Gasteiger partial charge in [0.2, 0.25) is 11.7 Å². The van der Waals surface area contributed by atoms with Gasteiger partial charge in [0, 0.05) is 36.6 Å². The van der Waals surface area contributed by atoms with E-state index in [0.717, 1.165) is 55.7 Å². The Morgan fingerprint density at radius 2 is 1.88 bits per heavy atom. The number of aryl methyl sites for hydroxylation is 2. The third kappa shape index (κ3) is 4.02. The smallest absolute Gasteiger partial charge is 0.241 e. The van der Waals surface area contributed by atoms with Crippen molar-refractivity contribution in [1.82, 2.24) is 25.0 Å². The van der Waals surface area contributed by atoms with Crippen molar-refractivity contribution in [2.24, 2.45) is 5.92 Å². The third-order valence-electron chi connectivity index (χ3n) is 6.78. The summed E-state index contributed by atoms with van der Waals surface area (Å²) in [6.07, 6.45) is 3.59. The first-order valence-corrected chi connectivity index (χ1v) is 12.6. The Bertz CT molecular complexity index is 1280. The summed E-state index contributed by atoms with van der Waals surface area (Å²) in [5, 5.41) is 5.47. The number of hydrogen-bond acceptors (Lipinski definition) is 8. The van der Waals surface area contributed by atoms with E-state index in [9.17, 15) is 0 Å². The van der Waals surface area contributed by atoms with E-state index in [1.165, 1.54) is 33.5 Å². The number of thiophene rings is 1. The number of anilines is 1. The molecule has 1 saturated heterocycles. The van der Waals surface area contributed by atoms with Gasteiger partial charge < -0.3 is 9.42 Å². The summed E-state index contributed by atoms with van der Waals surface area (Å²) in [6.45, 7) is 8.81. The van der Waals surface area contributed by atoms with Crippen LogP contribution in [0.15, 0.2) is 34.9 Å². The lowest BCUT2D eigenvalue weighted by atomic mass is 9.89. The first-order valence-electron chi connectivity index (χ1n) is 11.8. The van der Waals surface area contributed by atoms with Crippen molar-refractivity contribution in [2.75, 3.05) is 31.1 Å². The van der Waals surface area contributed by atoms with E-state index in [-0.39, 0.29) is 0 Å². The average Bonchev–Trinajstić information content (AvgIpc) is 3.43. The topological polar surface area (TPSA) is 71.2 Å². The molecule has 4 aromatic rings. The molecule has 33 heavy (non-hydrogen) atoms. The molecule has 3 aromatic heterocycles. The van der Waals surface area contributed by atoms with Crippen LogP contribution in [0.4, 0.5) is 5.82 Å². The average molecular weight is 461 g/mol. The fourth-order valence-electron chi connectivity index (χ4n) is 4.99. The molecule has 7 nitrogen and oxygen atoms in total. The Kier molecular flexibility index (Phi) is 5.34. The van der Waals surface area contributed by atoms with Gasteiger partial charge in [-0.1, -0.05) is 42.4 Å². The minimum absolute atomic E-state index is 0.652. The van der Waals surface area contributed by atoms with Gasteiger partial charge >= 0.3 is 0 Å². The number of fused-ring (bicyclic) bond motifs is 3. The fourth-order valence-corrected chi connectivity index (χ4v) is 6.41. The van der Waals surface area contributed by atoms with Crippen molar-refractivity contribution in [3.63, 3.8) is 0 Å². The Hall–Kier alpha value is -2.84. The van der Waals surface area contributed by atoms with Crippen LogP contribution in [0.5, 0.6) is 0 Å². The molecule has 8 heteroatoms. The van der Waals surface area contributed by atoms with Gasteiger partial charge in [-0.3, -0.25) is 4.90 Å². The number of aromatic nitrogens is 4. The summed E-state index contributed by atoms with van der Waals surface area (Å²) in [5.41, 5.74) is 2.48. The zero-order chi connectivity index (χ0) is 22.4. The van der Waals surface area contributed by atoms with E-state index in [2.05, 4.69) is 26.9 Å². The van der Waals surface area contributed by atoms with Crippen LogP contribution in [0.2, 0.25) is 0 Å². The Labute approximate surface area is 197 Å². The molecule has 0 bridgehead atoms. The van der Waals surface area contributed by atoms with E-state index in [0.29, 0.717) is 18.3 Å². The summed E-state index contributed by atoms with van der Waals surface area (Å²) in [4.78, 5) is 21.9. The second-order valence-electron chi connectivity index (χ2n) is 9.27. The predicted molar refractivity (Wildman–Crippen MR) is 131 cm³/mol. The van der Waals surface area contributed by atoms with Crippen LogP contribution in [0, 0.1) is 12.8 Å². The van der Waals surface area contributed by atoms with Crippen LogP contribution >= 0.6 is 11.3 Å². The van der Waals surface area contributed by atoms with Crippen molar-refractivity contribution in [3.05, 3.63) is 52.5 Å². The zero-order valence-electron chi connectivity index (χ0n) is 19.1. The maximum atomic E-state index is 5.53. The van der Waals surface area contributed by atoms with Crippen LogP contribution in [0.3, 0.4) is 0 Å². The number of rotatable bonds is 4. The number of piperazine rings is 1. The molecule has 0 unspecified atom stereocenters. The van der Waals surface area contributed by atoms with Gasteiger partial charge in [0.15, 0.2) is 0 Å². The first kappa shape index (κ1) is 20.7. The van der Waals surface area contributed by atoms with Crippen molar-refractivity contribution in [3.8, 4) is 11.4 Å². The van der Waals surface area contributed by atoms with Gasteiger partial charge in [-0.25, -0.2) is 9.97 Å². The highest BCUT2D eigenvalue weighted by Crippen LogP contribution is 2.41. The SMILES string of the molecule is Cc1nc(N2CCN(Cc3nc(-c4ccccc4)no3)CC2)c2c3c(sc2n1)C[C@@H](C)CC3. The minimum Gasteiger partial charge on any atom is -0.353 e. The molecule has 170 valence electrons. The van der Waals surface area contributed by atoms with Crippen LogP contribution in [-0.2, 0) is 19.4 Å². The highest BCUT2D eigenvalue weighted by atomic mass is 32.1. The molecule has 0 radical (unpaired) electrons. The molecule has 1 aliphatic carbocycles. The summed E-state index contributed by atoms with van der Waals surface area (Å²) < 4.78 is 5.53. The van der Waals surface area contributed by atoms with Crippen molar-refractivity contribution in [2.45, 2.75) is 39.7 Å². The molecule has 0 amide bonds. The normalized spacial score (nSPS) is 19.2. The molecular weight excluding hydrogens is 432 g/mol. The maximum absolute atomic E-state index is 5.53. The second-order valence-corrected chi connectivity index (χ2v) is 10.4. The van der Waals surface area contributed by atoms with E-state index in [1.807, 2.05) is 48.6 Å². The van der Waals surface area contributed by atoms with Gasteiger partial charge in [0.05, 0.1) is 11.9 Å². The molecule has 6 rings (SSSR count). The van der Waals surface area contributed by atoms with Gasteiger partial charge in [-0.15, -0.1) is 11.3 Å². The highest BCUT2D eigenvalue weighted by Gasteiger charge is 2.27. The number of hydrogen-bond donors (Lipinski definition) is 0. The predicted octanol–water partition coefficient (Wildman–Crippen LogP) is 4.50. The first-order chi connectivity index (χ1) is 16.1. The molecule has 1 fully saturated rings. The van der Waals surface area contributed by atoms with E-state index >= 15 is 0 Å².